The molecule has 1 unspecified atom stereocenters. The predicted octanol–water partition coefficient (Wildman–Crippen LogP) is 3.13. The molecule has 5 heteroatoms. The van der Waals surface area contributed by atoms with Crippen molar-refractivity contribution in [3.8, 4) is 0 Å². The van der Waals surface area contributed by atoms with Crippen molar-refractivity contribution in [2.24, 2.45) is 11.3 Å². The minimum atomic E-state index is -0.219. The number of rotatable bonds is 4. The highest BCUT2D eigenvalue weighted by molar-refractivity contribution is 5.85. The molecule has 0 aromatic heterocycles. The summed E-state index contributed by atoms with van der Waals surface area (Å²) in [5.41, 5.74) is 1.32. The Morgan fingerprint density at radius 2 is 1.87 bits per heavy atom. The van der Waals surface area contributed by atoms with Crippen LogP contribution >= 0.6 is 12.4 Å². The van der Waals surface area contributed by atoms with Gasteiger partial charge in [-0.25, -0.2) is 4.39 Å². The Bertz CT molecular complexity index is 567. The smallest absolute Gasteiger partial charge is 0.226 e. The van der Waals surface area contributed by atoms with Gasteiger partial charge in [0, 0.05) is 18.5 Å². The van der Waals surface area contributed by atoms with Crippen LogP contribution in [-0.2, 0) is 11.3 Å². The average molecular weight is 339 g/mol. The molecule has 0 bridgehead atoms. The van der Waals surface area contributed by atoms with Crippen molar-refractivity contribution < 1.29 is 9.18 Å². The summed E-state index contributed by atoms with van der Waals surface area (Å²) in [5, 5.41) is 3.39. The first-order valence-corrected chi connectivity index (χ1v) is 8.44. The molecule has 1 aromatic rings. The summed E-state index contributed by atoms with van der Waals surface area (Å²) >= 11 is 0. The fourth-order valence-electron chi connectivity index (χ4n) is 3.93. The highest BCUT2D eigenvalue weighted by Crippen LogP contribution is 2.59. The van der Waals surface area contributed by atoms with Gasteiger partial charge in [0.2, 0.25) is 5.91 Å². The van der Waals surface area contributed by atoms with Gasteiger partial charge in [0.15, 0.2) is 0 Å². The van der Waals surface area contributed by atoms with E-state index in [4.69, 9.17) is 0 Å². The van der Waals surface area contributed by atoms with Crippen molar-refractivity contribution in [3.63, 3.8) is 0 Å². The van der Waals surface area contributed by atoms with E-state index in [9.17, 15) is 9.18 Å². The van der Waals surface area contributed by atoms with Gasteiger partial charge in [0.05, 0.1) is 0 Å². The van der Waals surface area contributed by atoms with Crippen molar-refractivity contribution >= 4 is 18.3 Å². The number of carbonyl (C=O) groups excluding carboxylic acids is 1. The van der Waals surface area contributed by atoms with E-state index < -0.39 is 0 Å². The lowest BCUT2D eigenvalue weighted by molar-refractivity contribution is -0.134. The monoisotopic (exact) mass is 338 g/mol. The maximum atomic E-state index is 13.0. The number of nitrogens with one attached hydrogen (secondary N) is 1. The van der Waals surface area contributed by atoms with Crippen molar-refractivity contribution in [2.45, 2.75) is 44.7 Å². The van der Waals surface area contributed by atoms with E-state index in [2.05, 4.69) is 10.2 Å². The first kappa shape index (κ1) is 16.7. The fraction of sp³-hybridized carbons (Fsp3) is 0.611. The van der Waals surface area contributed by atoms with Crippen LogP contribution in [0.25, 0.3) is 0 Å². The van der Waals surface area contributed by atoms with Crippen molar-refractivity contribution in [3.05, 3.63) is 35.6 Å². The maximum absolute atomic E-state index is 13.0. The summed E-state index contributed by atoms with van der Waals surface area (Å²) < 4.78 is 13.0. The van der Waals surface area contributed by atoms with E-state index >= 15 is 0 Å². The summed E-state index contributed by atoms with van der Waals surface area (Å²) in [7, 11) is 0. The Kier molecular flexibility index (Phi) is 4.65. The zero-order valence-electron chi connectivity index (χ0n) is 13.3. The minimum absolute atomic E-state index is 0. The third kappa shape index (κ3) is 3.38. The Morgan fingerprint density at radius 3 is 2.48 bits per heavy atom. The molecule has 2 aliphatic carbocycles. The molecule has 1 saturated heterocycles. The Morgan fingerprint density at radius 1 is 1.22 bits per heavy atom. The zero-order valence-corrected chi connectivity index (χ0v) is 14.1. The maximum Gasteiger partial charge on any atom is 0.226 e. The number of carbonyl (C=O) groups is 1. The van der Waals surface area contributed by atoms with Gasteiger partial charge < -0.3 is 10.2 Å². The number of hydrogen-bond acceptors (Lipinski definition) is 2. The summed E-state index contributed by atoms with van der Waals surface area (Å²) in [6, 6.07) is 6.97. The Balaban J connectivity index is 0.00000156. The first-order valence-electron chi connectivity index (χ1n) is 8.44. The first-order chi connectivity index (χ1) is 10.7. The van der Waals surface area contributed by atoms with Crippen molar-refractivity contribution in [1.29, 1.82) is 0 Å². The predicted molar refractivity (Wildman–Crippen MR) is 89.9 cm³/mol. The van der Waals surface area contributed by atoms with Gasteiger partial charge in [-0.1, -0.05) is 12.1 Å². The summed E-state index contributed by atoms with van der Waals surface area (Å²) in [5.74, 6) is 0.355. The number of piperidine rings is 1. The molecule has 4 rings (SSSR count). The average Bonchev–Trinajstić information content (AvgIpc) is 3.44. The van der Waals surface area contributed by atoms with Gasteiger partial charge in [-0.05, 0) is 68.3 Å². The van der Waals surface area contributed by atoms with Crippen molar-refractivity contribution in [1.82, 2.24) is 10.2 Å². The molecule has 3 nitrogen and oxygen atoms in total. The number of halogens is 2. The standard InChI is InChI=1S/C18H23FN2O.ClH/c19-14-3-1-13(2-4-14)12-21(15-5-6-15)17(22)16-11-18(16)7-9-20-10-8-18;/h1-4,15-16,20H,5-12H2;1H. The van der Waals surface area contributed by atoms with Gasteiger partial charge in [0.1, 0.15) is 5.82 Å². The molecule has 126 valence electrons. The summed E-state index contributed by atoms with van der Waals surface area (Å²) in [6.07, 6.45) is 5.58. The van der Waals surface area contributed by atoms with E-state index in [0.29, 0.717) is 18.5 Å². The molecule has 23 heavy (non-hydrogen) atoms. The summed E-state index contributed by atoms with van der Waals surface area (Å²) in [4.78, 5) is 15.0. The molecule has 1 amide bonds. The van der Waals surface area contributed by atoms with Crippen LogP contribution in [0.4, 0.5) is 4.39 Å². The number of nitrogens with zero attached hydrogens (tertiary/aromatic N) is 1. The molecule has 3 fully saturated rings. The third-order valence-corrected chi connectivity index (χ3v) is 5.62. The molecule has 1 spiro atoms. The highest BCUT2D eigenvalue weighted by atomic mass is 35.5. The second-order valence-electron chi connectivity index (χ2n) is 7.19. The van der Waals surface area contributed by atoms with Gasteiger partial charge in [-0.2, -0.15) is 0 Å². The second kappa shape index (κ2) is 6.40. The van der Waals surface area contributed by atoms with Crippen LogP contribution in [-0.4, -0.2) is 29.9 Å². The molecule has 1 aromatic carbocycles. The Hall–Kier alpha value is -1.13. The third-order valence-electron chi connectivity index (χ3n) is 5.62. The lowest BCUT2D eigenvalue weighted by Crippen LogP contribution is -2.37. The molecule has 1 aliphatic heterocycles. The largest absolute Gasteiger partial charge is 0.335 e. The van der Waals surface area contributed by atoms with E-state index in [1.54, 1.807) is 12.1 Å². The van der Waals surface area contributed by atoms with Gasteiger partial charge >= 0.3 is 0 Å². The van der Waals surface area contributed by atoms with E-state index in [0.717, 1.165) is 50.8 Å². The normalized spacial score (nSPS) is 24.8. The lowest BCUT2D eigenvalue weighted by Gasteiger charge is -2.27. The van der Waals surface area contributed by atoms with Crippen molar-refractivity contribution in [2.75, 3.05) is 13.1 Å². The summed E-state index contributed by atoms with van der Waals surface area (Å²) in [6.45, 7) is 2.73. The van der Waals surface area contributed by atoms with Crippen LogP contribution in [0, 0.1) is 17.2 Å². The topological polar surface area (TPSA) is 32.3 Å². The minimum Gasteiger partial charge on any atom is -0.335 e. The highest BCUT2D eigenvalue weighted by Gasteiger charge is 2.59. The molecule has 2 saturated carbocycles. The molecule has 3 aliphatic rings. The lowest BCUT2D eigenvalue weighted by atomic mass is 9.91. The zero-order chi connectivity index (χ0) is 15.2. The van der Waals surface area contributed by atoms with E-state index in [1.807, 2.05) is 0 Å². The van der Waals surface area contributed by atoms with Crippen LogP contribution in [0.15, 0.2) is 24.3 Å². The van der Waals surface area contributed by atoms with Crippen LogP contribution in [0.1, 0.15) is 37.7 Å². The number of amides is 1. The van der Waals surface area contributed by atoms with E-state index in [-0.39, 0.29) is 29.6 Å². The van der Waals surface area contributed by atoms with Gasteiger partial charge in [-0.15, -0.1) is 12.4 Å². The van der Waals surface area contributed by atoms with Crippen LogP contribution < -0.4 is 5.32 Å². The van der Waals surface area contributed by atoms with Crippen LogP contribution in [0.3, 0.4) is 0 Å². The number of hydrogen-bond donors (Lipinski definition) is 1. The fourth-order valence-corrected chi connectivity index (χ4v) is 3.93. The quantitative estimate of drug-likeness (QED) is 0.914. The number of benzene rings is 1. The second-order valence-corrected chi connectivity index (χ2v) is 7.19. The molecular formula is C18H24ClFN2O. The molecule has 1 N–H and O–H groups in total. The van der Waals surface area contributed by atoms with Crippen LogP contribution in [0.2, 0.25) is 0 Å². The van der Waals surface area contributed by atoms with Gasteiger partial charge in [-0.3, -0.25) is 4.79 Å². The van der Waals surface area contributed by atoms with Crippen LogP contribution in [0.5, 0.6) is 0 Å². The van der Waals surface area contributed by atoms with E-state index in [1.165, 1.54) is 12.1 Å². The Labute approximate surface area is 143 Å². The SMILES string of the molecule is Cl.O=C(C1CC12CCNCC2)N(Cc1ccc(F)cc1)C1CC1. The molecule has 1 atom stereocenters. The molecule has 0 radical (unpaired) electrons. The van der Waals surface area contributed by atoms with Gasteiger partial charge in [0.25, 0.3) is 0 Å². The molecule has 1 heterocycles. The molecular weight excluding hydrogens is 315 g/mol.